The maximum atomic E-state index is 12.5. The van der Waals surface area contributed by atoms with Gasteiger partial charge < -0.3 is 19.7 Å². The second-order valence-corrected chi connectivity index (χ2v) is 7.20. The van der Waals surface area contributed by atoms with Crippen molar-refractivity contribution in [3.8, 4) is 0 Å². The predicted octanol–water partition coefficient (Wildman–Crippen LogP) is 1.23. The standard InChI is InChI=1S/C20H27N3O5/c1-27-19(28-2)12-23-10-9-14(11-18(23)25)13-3-5-15(6-4-13)21-16-7-8-17(24)22-20(16)26/h3-6,14,16,19,21H,7-12H2,1-2H3,(H,22,24,26). The highest BCUT2D eigenvalue weighted by Crippen LogP contribution is 2.30. The van der Waals surface area contributed by atoms with E-state index in [2.05, 4.69) is 10.6 Å². The monoisotopic (exact) mass is 389 g/mol. The Morgan fingerprint density at radius 2 is 1.86 bits per heavy atom. The van der Waals surface area contributed by atoms with Gasteiger partial charge in [-0.2, -0.15) is 0 Å². The van der Waals surface area contributed by atoms with Crippen molar-refractivity contribution in [2.24, 2.45) is 0 Å². The molecule has 0 radical (unpaired) electrons. The molecule has 2 aliphatic heterocycles. The minimum Gasteiger partial charge on any atom is -0.374 e. The molecule has 28 heavy (non-hydrogen) atoms. The van der Waals surface area contributed by atoms with Crippen molar-refractivity contribution in [2.45, 2.75) is 43.9 Å². The van der Waals surface area contributed by atoms with Crippen LogP contribution < -0.4 is 10.6 Å². The van der Waals surface area contributed by atoms with E-state index in [4.69, 9.17) is 9.47 Å². The minimum absolute atomic E-state index is 0.0982. The Hall–Kier alpha value is -2.45. The van der Waals surface area contributed by atoms with Gasteiger partial charge in [0.1, 0.15) is 6.04 Å². The molecule has 0 aliphatic carbocycles. The summed E-state index contributed by atoms with van der Waals surface area (Å²) in [7, 11) is 3.13. The molecular weight excluding hydrogens is 362 g/mol. The van der Waals surface area contributed by atoms with Crippen LogP contribution >= 0.6 is 0 Å². The number of carbonyl (C=O) groups is 3. The average Bonchev–Trinajstić information content (AvgIpc) is 2.70. The summed E-state index contributed by atoms with van der Waals surface area (Å²) in [6, 6.07) is 7.43. The zero-order chi connectivity index (χ0) is 20.1. The van der Waals surface area contributed by atoms with Gasteiger partial charge >= 0.3 is 0 Å². The molecule has 3 amide bonds. The van der Waals surface area contributed by atoms with Gasteiger partial charge in [-0.25, -0.2) is 0 Å². The zero-order valence-corrected chi connectivity index (χ0v) is 16.3. The highest BCUT2D eigenvalue weighted by molar-refractivity contribution is 6.01. The number of imide groups is 1. The third kappa shape index (κ3) is 4.88. The fraction of sp³-hybridized carbons (Fsp3) is 0.550. The first kappa shape index (κ1) is 20.3. The molecule has 2 atom stereocenters. The lowest BCUT2D eigenvalue weighted by Crippen LogP contribution is -2.47. The molecule has 3 rings (SSSR count). The van der Waals surface area contributed by atoms with Crippen molar-refractivity contribution >= 4 is 23.4 Å². The molecule has 152 valence electrons. The molecule has 2 saturated heterocycles. The number of methoxy groups -OCH3 is 2. The number of rotatable bonds is 7. The Morgan fingerprint density at radius 1 is 1.14 bits per heavy atom. The van der Waals surface area contributed by atoms with E-state index in [9.17, 15) is 14.4 Å². The molecule has 2 heterocycles. The molecule has 8 heteroatoms. The Balaban J connectivity index is 1.55. The summed E-state index contributed by atoms with van der Waals surface area (Å²) in [5, 5.41) is 5.51. The van der Waals surface area contributed by atoms with Crippen LogP contribution in [0.2, 0.25) is 0 Å². The van der Waals surface area contributed by atoms with E-state index in [1.165, 1.54) is 0 Å². The summed E-state index contributed by atoms with van der Waals surface area (Å²) >= 11 is 0. The summed E-state index contributed by atoms with van der Waals surface area (Å²) in [6.45, 7) is 1.11. The third-order valence-corrected chi connectivity index (χ3v) is 5.38. The number of piperidine rings is 2. The zero-order valence-electron chi connectivity index (χ0n) is 16.3. The molecule has 0 saturated carbocycles. The molecule has 1 aromatic rings. The van der Waals surface area contributed by atoms with E-state index >= 15 is 0 Å². The van der Waals surface area contributed by atoms with Crippen LogP contribution in [0.25, 0.3) is 0 Å². The van der Waals surface area contributed by atoms with Crippen LogP contribution in [-0.2, 0) is 23.9 Å². The SMILES string of the molecule is COC(CN1CCC(c2ccc(NC3CCC(=O)NC3=O)cc2)CC1=O)OC. The van der Waals surface area contributed by atoms with Crippen LogP contribution in [0.3, 0.4) is 0 Å². The van der Waals surface area contributed by atoms with Gasteiger partial charge in [0.25, 0.3) is 0 Å². The molecular formula is C20H27N3O5. The molecule has 8 nitrogen and oxygen atoms in total. The van der Waals surface area contributed by atoms with E-state index in [1.807, 2.05) is 24.3 Å². The van der Waals surface area contributed by atoms with E-state index in [-0.39, 0.29) is 23.6 Å². The molecule has 0 aromatic heterocycles. The predicted molar refractivity (Wildman–Crippen MR) is 103 cm³/mol. The van der Waals surface area contributed by atoms with Crippen molar-refractivity contribution in [1.82, 2.24) is 10.2 Å². The number of carbonyl (C=O) groups excluding carboxylic acids is 3. The van der Waals surface area contributed by atoms with Crippen LogP contribution in [0.1, 0.15) is 37.2 Å². The number of hydrogen-bond donors (Lipinski definition) is 2. The van der Waals surface area contributed by atoms with E-state index in [1.54, 1.807) is 19.1 Å². The Bertz CT molecular complexity index is 717. The quantitative estimate of drug-likeness (QED) is 0.538. The lowest BCUT2D eigenvalue weighted by molar-refractivity contribution is -0.148. The highest BCUT2D eigenvalue weighted by Gasteiger charge is 2.29. The molecule has 2 unspecified atom stereocenters. The first-order valence-electron chi connectivity index (χ1n) is 9.53. The van der Waals surface area contributed by atoms with Crippen molar-refractivity contribution in [3.63, 3.8) is 0 Å². The number of ether oxygens (including phenoxy) is 2. The lowest BCUT2D eigenvalue weighted by Gasteiger charge is -2.33. The molecule has 2 aliphatic rings. The molecule has 2 fully saturated rings. The molecule has 2 N–H and O–H groups in total. The Labute approximate surface area is 164 Å². The lowest BCUT2D eigenvalue weighted by atomic mass is 9.89. The summed E-state index contributed by atoms with van der Waals surface area (Å²) < 4.78 is 10.4. The van der Waals surface area contributed by atoms with Gasteiger partial charge in [0.15, 0.2) is 6.29 Å². The van der Waals surface area contributed by atoms with Crippen molar-refractivity contribution < 1.29 is 23.9 Å². The van der Waals surface area contributed by atoms with E-state index in [0.717, 1.165) is 17.7 Å². The largest absolute Gasteiger partial charge is 0.374 e. The van der Waals surface area contributed by atoms with Crippen molar-refractivity contribution in [2.75, 3.05) is 32.6 Å². The summed E-state index contributed by atoms with van der Waals surface area (Å²) in [5.41, 5.74) is 1.93. The van der Waals surface area contributed by atoms with Crippen molar-refractivity contribution in [3.05, 3.63) is 29.8 Å². The number of nitrogens with one attached hydrogen (secondary N) is 2. The topological polar surface area (TPSA) is 97.0 Å². The van der Waals surface area contributed by atoms with Crippen LogP contribution in [0.5, 0.6) is 0 Å². The fourth-order valence-corrected chi connectivity index (χ4v) is 3.67. The second kappa shape index (κ2) is 9.16. The maximum absolute atomic E-state index is 12.5. The molecule has 1 aromatic carbocycles. The number of likely N-dealkylation sites (tertiary alicyclic amines) is 1. The third-order valence-electron chi connectivity index (χ3n) is 5.38. The second-order valence-electron chi connectivity index (χ2n) is 7.20. The first-order chi connectivity index (χ1) is 13.5. The van der Waals surface area contributed by atoms with Crippen LogP contribution in [-0.4, -0.2) is 62.3 Å². The van der Waals surface area contributed by atoms with Gasteiger partial charge in [0.2, 0.25) is 17.7 Å². The Kier molecular flexibility index (Phi) is 6.64. The fourth-order valence-electron chi connectivity index (χ4n) is 3.67. The number of amides is 3. The van der Waals surface area contributed by atoms with E-state index < -0.39 is 12.3 Å². The summed E-state index contributed by atoms with van der Waals surface area (Å²) in [6.07, 6.45) is 1.77. The van der Waals surface area contributed by atoms with Gasteiger partial charge in [-0.15, -0.1) is 0 Å². The van der Waals surface area contributed by atoms with E-state index in [0.29, 0.717) is 32.4 Å². The normalized spacial score (nSPS) is 23.1. The average molecular weight is 389 g/mol. The molecule has 0 bridgehead atoms. The van der Waals surface area contributed by atoms with Gasteiger partial charge in [-0.3, -0.25) is 19.7 Å². The van der Waals surface area contributed by atoms with Crippen molar-refractivity contribution in [1.29, 1.82) is 0 Å². The Morgan fingerprint density at radius 3 is 2.46 bits per heavy atom. The van der Waals surface area contributed by atoms with Gasteiger partial charge in [-0.05, 0) is 36.5 Å². The number of anilines is 1. The minimum atomic E-state index is -0.405. The first-order valence-corrected chi connectivity index (χ1v) is 9.53. The number of benzene rings is 1. The van der Waals surface area contributed by atoms with Crippen LogP contribution in [0.4, 0.5) is 5.69 Å². The van der Waals surface area contributed by atoms with Crippen LogP contribution in [0.15, 0.2) is 24.3 Å². The van der Waals surface area contributed by atoms with Gasteiger partial charge in [-0.1, -0.05) is 12.1 Å². The summed E-state index contributed by atoms with van der Waals surface area (Å²) in [5.74, 6) is -0.238. The summed E-state index contributed by atoms with van der Waals surface area (Å²) in [4.78, 5) is 37.3. The number of nitrogens with zero attached hydrogens (tertiary/aromatic N) is 1. The maximum Gasteiger partial charge on any atom is 0.249 e. The van der Waals surface area contributed by atoms with Gasteiger partial charge in [0.05, 0.1) is 6.54 Å². The molecule has 0 spiro atoms. The van der Waals surface area contributed by atoms with Gasteiger partial charge in [0, 0.05) is 39.3 Å². The highest BCUT2D eigenvalue weighted by atomic mass is 16.7. The number of hydrogen-bond acceptors (Lipinski definition) is 6. The van der Waals surface area contributed by atoms with Crippen LogP contribution in [0, 0.1) is 0 Å². The smallest absolute Gasteiger partial charge is 0.249 e.